The van der Waals surface area contributed by atoms with Crippen molar-refractivity contribution < 1.29 is 4.42 Å². The summed E-state index contributed by atoms with van der Waals surface area (Å²) in [6.07, 6.45) is 0. The van der Waals surface area contributed by atoms with Gasteiger partial charge in [-0.15, -0.1) is 0 Å². The Morgan fingerprint density at radius 3 is 2.33 bits per heavy atom. The first-order valence-electron chi connectivity index (χ1n) is 6.98. The van der Waals surface area contributed by atoms with Gasteiger partial charge in [-0.05, 0) is 61.7 Å². The Morgan fingerprint density at radius 2 is 1.67 bits per heavy atom. The average molecular weight is 344 g/mol. The minimum atomic E-state index is -0.239. The van der Waals surface area contributed by atoms with Crippen LogP contribution in [-0.2, 0) is 0 Å². The first-order chi connectivity index (χ1) is 9.95. The molecule has 2 N–H and O–H groups in total. The Labute approximate surface area is 133 Å². The van der Waals surface area contributed by atoms with Crippen molar-refractivity contribution in [2.75, 3.05) is 0 Å². The number of furan rings is 1. The highest BCUT2D eigenvalue weighted by Gasteiger charge is 2.18. The van der Waals surface area contributed by atoms with Gasteiger partial charge in [0.2, 0.25) is 0 Å². The van der Waals surface area contributed by atoms with E-state index < -0.39 is 0 Å². The molecule has 0 saturated carbocycles. The molecule has 3 heteroatoms. The van der Waals surface area contributed by atoms with Gasteiger partial charge in [-0.25, -0.2) is 0 Å². The van der Waals surface area contributed by atoms with E-state index in [1.807, 2.05) is 24.3 Å². The van der Waals surface area contributed by atoms with Crippen LogP contribution in [0.5, 0.6) is 0 Å². The molecule has 1 atom stereocenters. The Morgan fingerprint density at radius 1 is 1.00 bits per heavy atom. The highest BCUT2D eigenvalue weighted by Crippen LogP contribution is 2.31. The van der Waals surface area contributed by atoms with Crippen LogP contribution in [0, 0.1) is 20.8 Å². The lowest BCUT2D eigenvalue weighted by atomic mass is 9.93. The summed E-state index contributed by atoms with van der Waals surface area (Å²) in [5.41, 5.74) is 12.2. The van der Waals surface area contributed by atoms with Gasteiger partial charge in [-0.3, -0.25) is 0 Å². The van der Waals surface area contributed by atoms with Gasteiger partial charge in [0, 0.05) is 9.86 Å². The number of hydrogen-bond donors (Lipinski definition) is 1. The van der Waals surface area contributed by atoms with Crippen LogP contribution >= 0.6 is 15.9 Å². The van der Waals surface area contributed by atoms with Crippen molar-refractivity contribution in [3.63, 3.8) is 0 Å². The molecule has 3 rings (SSSR count). The number of benzene rings is 2. The van der Waals surface area contributed by atoms with Crippen LogP contribution in [-0.4, -0.2) is 0 Å². The molecule has 2 aromatic carbocycles. The van der Waals surface area contributed by atoms with Gasteiger partial charge in [0.25, 0.3) is 0 Å². The summed E-state index contributed by atoms with van der Waals surface area (Å²) in [6.45, 7) is 6.32. The van der Waals surface area contributed by atoms with E-state index in [0.717, 1.165) is 26.8 Å². The van der Waals surface area contributed by atoms with Crippen LogP contribution in [0.1, 0.15) is 34.1 Å². The first-order valence-corrected chi connectivity index (χ1v) is 7.77. The lowest BCUT2D eigenvalue weighted by Crippen LogP contribution is -2.14. The average Bonchev–Trinajstić information content (AvgIpc) is 2.80. The predicted octanol–water partition coefficient (Wildman–Crippen LogP) is 5.17. The SMILES string of the molecule is Cc1cc(C)c(C(N)c2cc3cc(Br)ccc3o2)c(C)c1. The van der Waals surface area contributed by atoms with Gasteiger partial charge in [0.1, 0.15) is 11.3 Å². The molecule has 1 unspecified atom stereocenters. The maximum absolute atomic E-state index is 6.46. The van der Waals surface area contributed by atoms with E-state index in [0.29, 0.717) is 0 Å². The highest BCUT2D eigenvalue weighted by atomic mass is 79.9. The molecule has 0 saturated heterocycles. The lowest BCUT2D eigenvalue weighted by Gasteiger charge is -2.16. The molecular weight excluding hydrogens is 326 g/mol. The number of halogens is 1. The smallest absolute Gasteiger partial charge is 0.134 e. The number of rotatable bonds is 2. The molecule has 0 aliphatic heterocycles. The van der Waals surface area contributed by atoms with Crippen LogP contribution in [0.25, 0.3) is 11.0 Å². The molecule has 0 radical (unpaired) electrons. The fourth-order valence-electron chi connectivity index (χ4n) is 3.01. The fourth-order valence-corrected chi connectivity index (χ4v) is 3.39. The molecular formula is C18H18BrNO. The molecule has 0 aliphatic carbocycles. The maximum Gasteiger partial charge on any atom is 0.134 e. The second-order valence-electron chi connectivity index (χ2n) is 5.62. The molecule has 2 nitrogen and oxygen atoms in total. The summed E-state index contributed by atoms with van der Waals surface area (Å²) < 4.78 is 6.97. The van der Waals surface area contributed by atoms with E-state index >= 15 is 0 Å². The van der Waals surface area contributed by atoms with Crippen LogP contribution in [0.3, 0.4) is 0 Å². The van der Waals surface area contributed by atoms with Gasteiger partial charge < -0.3 is 10.2 Å². The quantitative estimate of drug-likeness (QED) is 0.697. The molecule has 3 aromatic rings. The zero-order valence-corrected chi connectivity index (χ0v) is 14.0. The van der Waals surface area contributed by atoms with Crippen LogP contribution in [0.2, 0.25) is 0 Å². The second kappa shape index (κ2) is 5.32. The molecule has 0 spiro atoms. The van der Waals surface area contributed by atoms with Gasteiger partial charge in [0.15, 0.2) is 0 Å². The third-order valence-corrected chi connectivity index (χ3v) is 4.35. The van der Waals surface area contributed by atoms with Gasteiger partial charge in [-0.2, -0.15) is 0 Å². The zero-order valence-electron chi connectivity index (χ0n) is 12.4. The number of hydrogen-bond acceptors (Lipinski definition) is 2. The van der Waals surface area contributed by atoms with Crippen LogP contribution in [0.4, 0.5) is 0 Å². The normalized spacial score (nSPS) is 12.8. The summed E-state index contributed by atoms with van der Waals surface area (Å²) in [5, 5.41) is 1.07. The van der Waals surface area contributed by atoms with E-state index in [9.17, 15) is 0 Å². The third kappa shape index (κ3) is 2.63. The molecule has 1 heterocycles. The predicted molar refractivity (Wildman–Crippen MR) is 90.6 cm³/mol. The minimum Gasteiger partial charge on any atom is -0.459 e. The van der Waals surface area contributed by atoms with Gasteiger partial charge in [0.05, 0.1) is 6.04 Å². The van der Waals surface area contributed by atoms with E-state index in [2.05, 4.69) is 48.8 Å². The summed E-state index contributed by atoms with van der Waals surface area (Å²) in [5.74, 6) is 0.804. The Balaban J connectivity index is 2.10. The topological polar surface area (TPSA) is 39.2 Å². The second-order valence-corrected chi connectivity index (χ2v) is 6.54. The van der Waals surface area contributed by atoms with Gasteiger partial charge >= 0.3 is 0 Å². The fraction of sp³-hybridized carbons (Fsp3) is 0.222. The summed E-state index contributed by atoms with van der Waals surface area (Å²) in [4.78, 5) is 0. The van der Waals surface area contributed by atoms with Gasteiger partial charge in [-0.1, -0.05) is 33.6 Å². The minimum absolute atomic E-state index is 0.239. The van der Waals surface area contributed by atoms with E-state index in [1.54, 1.807) is 0 Å². The zero-order chi connectivity index (χ0) is 15.1. The summed E-state index contributed by atoms with van der Waals surface area (Å²) >= 11 is 3.48. The third-order valence-electron chi connectivity index (χ3n) is 3.85. The summed E-state index contributed by atoms with van der Waals surface area (Å²) in [7, 11) is 0. The molecule has 0 bridgehead atoms. The largest absolute Gasteiger partial charge is 0.459 e. The Hall–Kier alpha value is -1.58. The standard InChI is InChI=1S/C18H18BrNO/c1-10-6-11(2)17(12(3)7-10)18(20)16-9-13-8-14(19)4-5-15(13)21-16/h4-9,18H,20H2,1-3H3. The summed E-state index contributed by atoms with van der Waals surface area (Å²) in [6, 6.07) is 12.1. The van der Waals surface area contributed by atoms with Crippen LogP contribution < -0.4 is 5.73 Å². The monoisotopic (exact) mass is 343 g/mol. The Bertz CT molecular complexity index is 796. The van der Waals surface area contributed by atoms with Crippen molar-refractivity contribution >= 4 is 26.9 Å². The molecule has 0 aliphatic rings. The molecule has 0 amide bonds. The molecule has 21 heavy (non-hydrogen) atoms. The number of nitrogens with two attached hydrogens (primary N) is 1. The first kappa shape index (κ1) is 14.4. The van der Waals surface area contributed by atoms with Crippen molar-refractivity contribution in [1.82, 2.24) is 0 Å². The Kier molecular flexibility index (Phi) is 3.64. The van der Waals surface area contributed by atoms with Crippen LogP contribution in [0.15, 0.2) is 45.3 Å². The van der Waals surface area contributed by atoms with Crippen molar-refractivity contribution in [2.24, 2.45) is 5.73 Å². The van der Waals surface area contributed by atoms with Crippen molar-refractivity contribution in [2.45, 2.75) is 26.8 Å². The molecule has 108 valence electrons. The number of aryl methyl sites for hydroxylation is 3. The van der Waals surface area contributed by atoms with E-state index in [-0.39, 0.29) is 6.04 Å². The lowest BCUT2D eigenvalue weighted by molar-refractivity contribution is 0.523. The molecule has 0 fully saturated rings. The molecule has 1 aromatic heterocycles. The van der Waals surface area contributed by atoms with Crippen molar-refractivity contribution in [3.8, 4) is 0 Å². The number of fused-ring (bicyclic) bond motifs is 1. The van der Waals surface area contributed by atoms with E-state index in [4.69, 9.17) is 10.2 Å². The highest BCUT2D eigenvalue weighted by molar-refractivity contribution is 9.10. The van der Waals surface area contributed by atoms with E-state index in [1.165, 1.54) is 16.7 Å². The van der Waals surface area contributed by atoms with Crippen molar-refractivity contribution in [1.29, 1.82) is 0 Å². The maximum atomic E-state index is 6.46. The van der Waals surface area contributed by atoms with Crippen molar-refractivity contribution in [3.05, 3.63) is 68.9 Å².